The molecule has 1 aliphatic carbocycles. The normalized spacial score (nSPS) is 15.7. The van der Waals surface area contributed by atoms with E-state index in [1.807, 2.05) is 18.0 Å². The van der Waals surface area contributed by atoms with E-state index in [2.05, 4.69) is 11.9 Å². The van der Waals surface area contributed by atoms with E-state index in [1.54, 1.807) is 6.07 Å². The van der Waals surface area contributed by atoms with Crippen molar-refractivity contribution in [3.63, 3.8) is 0 Å². The summed E-state index contributed by atoms with van der Waals surface area (Å²) in [5.74, 6) is 0.507. The Hall–Kier alpha value is -1.58. The van der Waals surface area contributed by atoms with Crippen molar-refractivity contribution >= 4 is 11.7 Å². The summed E-state index contributed by atoms with van der Waals surface area (Å²) in [6.07, 6.45) is 6.54. The predicted octanol–water partition coefficient (Wildman–Crippen LogP) is 2.63. The van der Waals surface area contributed by atoms with E-state index >= 15 is 0 Å². The number of hydrogen-bond acceptors (Lipinski definition) is 3. The lowest BCUT2D eigenvalue weighted by atomic mass is 10.1. The lowest BCUT2D eigenvalue weighted by Crippen LogP contribution is -2.35. The first kappa shape index (κ1) is 13.8. The molecule has 4 nitrogen and oxygen atoms in total. The first-order valence-corrected chi connectivity index (χ1v) is 7.15. The Labute approximate surface area is 115 Å². The maximum atomic E-state index is 12.5. The van der Waals surface area contributed by atoms with Crippen LogP contribution in [0.2, 0.25) is 0 Å². The Morgan fingerprint density at radius 2 is 2.11 bits per heavy atom. The van der Waals surface area contributed by atoms with E-state index < -0.39 is 0 Å². The maximum Gasteiger partial charge on any atom is 0.254 e. The molecule has 1 saturated carbocycles. The molecule has 0 bridgehead atoms. The number of nitrogens with two attached hydrogens (primary N) is 1. The highest BCUT2D eigenvalue weighted by Gasteiger charge is 2.24. The fourth-order valence-electron chi connectivity index (χ4n) is 2.78. The van der Waals surface area contributed by atoms with Gasteiger partial charge in [0, 0.05) is 24.3 Å². The summed E-state index contributed by atoms with van der Waals surface area (Å²) in [6, 6.07) is 3.96. The summed E-state index contributed by atoms with van der Waals surface area (Å²) in [6.45, 7) is 2.09. The summed E-state index contributed by atoms with van der Waals surface area (Å²) in [5.41, 5.74) is 7.38. The SMILES string of the molecule is CCCc1cc(C(=O)N(C)C2CCCC2)cc(N)n1. The third-order valence-electron chi connectivity index (χ3n) is 3.84. The highest BCUT2D eigenvalue weighted by molar-refractivity contribution is 5.95. The Morgan fingerprint density at radius 1 is 1.42 bits per heavy atom. The zero-order chi connectivity index (χ0) is 13.8. The number of hydrogen-bond donors (Lipinski definition) is 1. The Balaban J connectivity index is 2.17. The Bertz CT molecular complexity index is 453. The molecule has 0 radical (unpaired) electrons. The molecule has 1 amide bonds. The number of carbonyl (C=O) groups excluding carboxylic acids is 1. The van der Waals surface area contributed by atoms with E-state index in [0.717, 1.165) is 31.4 Å². The van der Waals surface area contributed by atoms with Crippen LogP contribution in [-0.4, -0.2) is 28.9 Å². The van der Waals surface area contributed by atoms with Crippen molar-refractivity contribution < 1.29 is 4.79 Å². The number of nitrogens with zero attached hydrogens (tertiary/aromatic N) is 2. The molecule has 2 rings (SSSR count). The second-order valence-electron chi connectivity index (χ2n) is 5.38. The van der Waals surface area contributed by atoms with Gasteiger partial charge in [0.1, 0.15) is 5.82 Å². The quantitative estimate of drug-likeness (QED) is 0.906. The highest BCUT2D eigenvalue weighted by Crippen LogP contribution is 2.24. The monoisotopic (exact) mass is 261 g/mol. The number of anilines is 1. The van der Waals surface area contributed by atoms with Gasteiger partial charge in [0.15, 0.2) is 0 Å². The van der Waals surface area contributed by atoms with Gasteiger partial charge >= 0.3 is 0 Å². The van der Waals surface area contributed by atoms with Gasteiger partial charge < -0.3 is 10.6 Å². The number of nitrogen functional groups attached to an aromatic ring is 1. The van der Waals surface area contributed by atoms with Crippen LogP contribution < -0.4 is 5.73 Å². The van der Waals surface area contributed by atoms with Gasteiger partial charge in [0.2, 0.25) is 0 Å². The van der Waals surface area contributed by atoms with E-state index in [9.17, 15) is 4.79 Å². The molecule has 1 aromatic rings. The molecule has 1 heterocycles. The summed E-state index contributed by atoms with van der Waals surface area (Å²) in [7, 11) is 1.90. The molecule has 0 saturated heterocycles. The molecular weight excluding hydrogens is 238 g/mol. The molecule has 1 fully saturated rings. The molecule has 2 N–H and O–H groups in total. The Morgan fingerprint density at radius 3 is 2.74 bits per heavy atom. The third kappa shape index (κ3) is 3.25. The van der Waals surface area contributed by atoms with Crippen molar-refractivity contribution in [2.75, 3.05) is 12.8 Å². The fourth-order valence-corrected chi connectivity index (χ4v) is 2.78. The van der Waals surface area contributed by atoms with Crippen molar-refractivity contribution in [1.82, 2.24) is 9.88 Å². The van der Waals surface area contributed by atoms with Gasteiger partial charge in [0.25, 0.3) is 5.91 Å². The zero-order valence-electron chi connectivity index (χ0n) is 11.9. The van der Waals surface area contributed by atoms with E-state index in [1.165, 1.54) is 12.8 Å². The number of amides is 1. The van der Waals surface area contributed by atoms with Crippen LogP contribution in [0.4, 0.5) is 5.82 Å². The van der Waals surface area contributed by atoms with Crippen LogP contribution in [0.1, 0.15) is 55.1 Å². The highest BCUT2D eigenvalue weighted by atomic mass is 16.2. The zero-order valence-corrected chi connectivity index (χ0v) is 11.9. The Kier molecular flexibility index (Phi) is 4.40. The van der Waals surface area contributed by atoms with Crippen molar-refractivity contribution in [1.29, 1.82) is 0 Å². The molecule has 4 heteroatoms. The lowest BCUT2D eigenvalue weighted by Gasteiger charge is -2.24. The molecule has 1 aromatic heterocycles. The van der Waals surface area contributed by atoms with Crippen LogP contribution in [0, 0.1) is 0 Å². The number of aromatic nitrogens is 1. The van der Waals surface area contributed by atoms with Gasteiger partial charge in [-0.3, -0.25) is 4.79 Å². The van der Waals surface area contributed by atoms with E-state index in [-0.39, 0.29) is 5.91 Å². The number of rotatable bonds is 4. The van der Waals surface area contributed by atoms with Crippen LogP contribution in [0.5, 0.6) is 0 Å². The standard InChI is InChI=1S/C15H23N3O/c1-3-6-12-9-11(10-14(16)17-12)15(19)18(2)13-7-4-5-8-13/h9-10,13H,3-8H2,1-2H3,(H2,16,17). The largest absolute Gasteiger partial charge is 0.384 e. The van der Waals surface area contributed by atoms with Gasteiger partial charge in [-0.25, -0.2) is 4.98 Å². The number of carbonyl (C=O) groups is 1. The maximum absolute atomic E-state index is 12.5. The minimum atomic E-state index is 0.0679. The summed E-state index contributed by atoms with van der Waals surface area (Å²) >= 11 is 0. The molecular formula is C15H23N3O. The van der Waals surface area contributed by atoms with Crippen molar-refractivity contribution in [2.45, 2.75) is 51.5 Å². The predicted molar refractivity (Wildman–Crippen MR) is 77.0 cm³/mol. The van der Waals surface area contributed by atoms with Crippen molar-refractivity contribution in [3.05, 3.63) is 23.4 Å². The molecule has 0 atom stereocenters. The van der Waals surface area contributed by atoms with Gasteiger partial charge in [-0.1, -0.05) is 26.2 Å². The van der Waals surface area contributed by atoms with Crippen LogP contribution >= 0.6 is 0 Å². The minimum Gasteiger partial charge on any atom is -0.384 e. The average molecular weight is 261 g/mol. The second-order valence-corrected chi connectivity index (χ2v) is 5.38. The number of aryl methyl sites for hydroxylation is 1. The van der Waals surface area contributed by atoms with Gasteiger partial charge in [-0.15, -0.1) is 0 Å². The summed E-state index contributed by atoms with van der Waals surface area (Å²) in [4.78, 5) is 18.6. The molecule has 0 unspecified atom stereocenters. The first-order chi connectivity index (χ1) is 9.11. The molecule has 104 valence electrons. The van der Waals surface area contributed by atoms with Crippen LogP contribution in [0.25, 0.3) is 0 Å². The average Bonchev–Trinajstić information content (AvgIpc) is 2.90. The van der Waals surface area contributed by atoms with Gasteiger partial charge in [-0.2, -0.15) is 0 Å². The van der Waals surface area contributed by atoms with Crippen molar-refractivity contribution in [2.24, 2.45) is 0 Å². The topological polar surface area (TPSA) is 59.2 Å². The lowest BCUT2D eigenvalue weighted by molar-refractivity contribution is 0.0735. The summed E-state index contributed by atoms with van der Waals surface area (Å²) in [5, 5.41) is 0. The smallest absolute Gasteiger partial charge is 0.254 e. The molecule has 0 aliphatic heterocycles. The van der Waals surface area contributed by atoms with Crippen molar-refractivity contribution in [3.8, 4) is 0 Å². The van der Waals surface area contributed by atoms with Crippen LogP contribution in [-0.2, 0) is 6.42 Å². The molecule has 0 aromatic carbocycles. The molecule has 19 heavy (non-hydrogen) atoms. The van der Waals surface area contributed by atoms with Crippen LogP contribution in [0.3, 0.4) is 0 Å². The molecule has 0 spiro atoms. The number of pyridine rings is 1. The van der Waals surface area contributed by atoms with E-state index in [0.29, 0.717) is 17.4 Å². The third-order valence-corrected chi connectivity index (χ3v) is 3.84. The first-order valence-electron chi connectivity index (χ1n) is 7.15. The van der Waals surface area contributed by atoms with Gasteiger partial charge in [0.05, 0.1) is 0 Å². The minimum absolute atomic E-state index is 0.0679. The van der Waals surface area contributed by atoms with Gasteiger partial charge in [-0.05, 0) is 31.4 Å². The molecule has 1 aliphatic rings. The van der Waals surface area contributed by atoms with Crippen LogP contribution in [0.15, 0.2) is 12.1 Å². The van der Waals surface area contributed by atoms with E-state index in [4.69, 9.17) is 5.73 Å². The summed E-state index contributed by atoms with van der Waals surface area (Å²) < 4.78 is 0. The fraction of sp³-hybridized carbons (Fsp3) is 0.600. The second kappa shape index (κ2) is 6.04.